The molecule has 0 aliphatic rings. The molecule has 2 N–H and O–H groups in total. The molecule has 0 saturated carbocycles. The summed E-state index contributed by atoms with van der Waals surface area (Å²) in [5, 5.41) is 2.08. The Morgan fingerprint density at radius 3 is 2.88 bits per heavy atom. The van der Waals surface area contributed by atoms with Gasteiger partial charge in [-0.1, -0.05) is 0 Å². The van der Waals surface area contributed by atoms with E-state index in [-0.39, 0.29) is 0 Å². The maximum Gasteiger partial charge on any atom is 0.254 e. The van der Waals surface area contributed by atoms with E-state index in [2.05, 4.69) is 4.98 Å². The Balaban J connectivity index is 2.92. The third kappa shape index (κ3) is 0.861. The van der Waals surface area contributed by atoms with Gasteiger partial charge >= 0.3 is 0 Å². The molecule has 1 heterocycles. The van der Waals surface area contributed by atoms with Gasteiger partial charge in [0.25, 0.3) is 5.01 Å². The van der Waals surface area contributed by atoms with E-state index in [0.29, 0.717) is 11.6 Å². The molecule has 0 amide bonds. The van der Waals surface area contributed by atoms with E-state index in [1.165, 1.54) is 11.6 Å². The van der Waals surface area contributed by atoms with E-state index >= 15 is 0 Å². The first-order valence-corrected chi connectivity index (χ1v) is 3.40. The summed E-state index contributed by atoms with van der Waals surface area (Å²) in [7, 11) is -1.02. The Hall–Kier alpha value is -0.450. The van der Waals surface area contributed by atoms with Crippen LogP contribution >= 0.6 is 10.8 Å². The van der Waals surface area contributed by atoms with Crippen LogP contribution in [0.5, 0.6) is 0 Å². The molecule has 0 aliphatic carbocycles. The summed E-state index contributed by atoms with van der Waals surface area (Å²) in [6, 6.07) is 0. The van der Waals surface area contributed by atoms with Gasteiger partial charge in [0, 0.05) is 0 Å². The van der Waals surface area contributed by atoms with Crippen molar-refractivity contribution in [2.75, 3.05) is 0 Å². The average molecular weight is 130 g/mol. The predicted molar refractivity (Wildman–Crippen MR) is 30.8 cm³/mol. The molecule has 1 unspecified atom stereocenters. The highest BCUT2D eigenvalue weighted by atomic mass is 32.2. The maximum absolute atomic E-state index is 10.6. The van der Waals surface area contributed by atoms with Gasteiger partial charge in [0.15, 0.2) is 5.38 Å². The average Bonchev–Trinajstić information content (AvgIpc) is 2.14. The van der Waals surface area contributed by atoms with Crippen molar-refractivity contribution in [1.29, 1.82) is 0 Å². The standard InChI is InChI=1S/C4H6N2OS/c5-3-4-6-1-2-8(4)7/h1-2H,3,5H2. The third-order valence-electron chi connectivity index (χ3n) is 0.810. The van der Waals surface area contributed by atoms with Crippen LogP contribution in [0, 0.1) is 0 Å². The van der Waals surface area contributed by atoms with E-state index < -0.39 is 10.8 Å². The highest BCUT2D eigenvalue weighted by Crippen LogP contribution is 2.14. The fourth-order valence-electron chi connectivity index (χ4n) is 0.434. The lowest BCUT2D eigenvalue weighted by Gasteiger charge is -1.86. The van der Waals surface area contributed by atoms with Crippen LogP contribution in [0.3, 0.4) is 0 Å². The van der Waals surface area contributed by atoms with Crippen LogP contribution in [0.4, 0.5) is 0 Å². The van der Waals surface area contributed by atoms with Crippen molar-refractivity contribution in [3.8, 4) is 0 Å². The zero-order valence-electron chi connectivity index (χ0n) is 4.20. The van der Waals surface area contributed by atoms with Crippen molar-refractivity contribution >= 4 is 10.8 Å². The van der Waals surface area contributed by atoms with Crippen molar-refractivity contribution in [2.24, 2.45) is 5.73 Å². The minimum atomic E-state index is -1.02. The fourth-order valence-corrected chi connectivity index (χ4v) is 1.09. The minimum absolute atomic E-state index is 0.291. The molecular formula is C4H6N2OS. The lowest BCUT2D eigenvalue weighted by Crippen LogP contribution is -1.95. The van der Waals surface area contributed by atoms with Crippen LogP contribution in [0.25, 0.3) is 0 Å². The molecule has 1 aromatic rings. The maximum atomic E-state index is 10.6. The lowest BCUT2D eigenvalue weighted by atomic mass is 10.7. The summed E-state index contributed by atoms with van der Waals surface area (Å²) in [6.07, 6.45) is 1.51. The fraction of sp³-hybridized carbons (Fsp3) is 0.250. The number of nitrogens with zero attached hydrogens (tertiary/aromatic N) is 1. The van der Waals surface area contributed by atoms with E-state index in [1.807, 2.05) is 0 Å². The Morgan fingerprint density at radius 2 is 2.62 bits per heavy atom. The SMILES string of the molecule is NCc1ncc[s+]1[O-]. The van der Waals surface area contributed by atoms with Crippen molar-refractivity contribution in [1.82, 2.24) is 4.98 Å². The van der Waals surface area contributed by atoms with Crippen LogP contribution in [0.15, 0.2) is 11.6 Å². The second-order valence-electron chi connectivity index (χ2n) is 1.31. The molecule has 8 heavy (non-hydrogen) atoms. The largest absolute Gasteiger partial charge is 0.589 e. The molecule has 0 spiro atoms. The van der Waals surface area contributed by atoms with Crippen molar-refractivity contribution in [3.05, 3.63) is 16.6 Å². The summed E-state index contributed by atoms with van der Waals surface area (Å²) in [6.45, 7) is 0.291. The molecule has 0 saturated heterocycles. The summed E-state index contributed by atoms with van der Waals surface area (Å²) in [5.74, 6) is 0. The van der Waals surface area contributed by atoms with E-state index in [9.17, 15) is 4.55 Å². The van der Waals surface area contributed by atoms with E-state index in [0.717, 1.165) is 0 Å². The molecule has 0 radical (unpaired) electrons. The van der Waals surface area contributed by atoms with Crippen LogP contribution in [0.1, 0.15) is 5.01 Å². The second kappa shape index (κ2) is 2.21. The van der Waals surface area contributed by atoms with Gasteiger partial charge in [0.1, 0.15) is 0 Å². The monoisotopic (exact) mass is 130 g/mol. The molecule has 0 fully saturated rings. The van der Waals surface area contributed by atoms with Crippen molar-refractivity contribution in [2.45, 2.75) is 6.54 Å². The van der Waals surface area contributed by atoms with Gasteiger partial charge in [0.2, 0.25) is 0 Å². The smallest absolute Gasteiger partial charge is 0.254 e. The predicted octanol–water partition coefficient (Wildman–Crippen LogP) is 0.268. The van der Waals surface area contributed by atoms with Gasteiger partial charge in [-0.05, 0) is 10.8 Å². The normalized spacial score (nSPS) is 12.0. The van der Waals surface area contributed by atoms with E-state index in [4.69, 9.17) is 5.73 Å². The number of aromatic nitrogens is 1. The highest BCUT2D eigenvalue weighted by molar-refractivity contribution is 7.23. The number of thiazole rings is 1. The lowest BCUT2D eigenvalue weighted by molar-refractivity contribution is 0.595. The Morgan fingerprint density at radius 1 is 1.88 bits per heavy atom. The van der Waals surface area contributed by atoms with Crippen LogP contribution in [0.2, 0.25) is 0 Å². The topological polar surface area (TPSA) is 62.0 Å². The Labute approximate surface area is 50.0 Å². The minimum Gasteiger partial charge on any atom is -0.589 e. The van der Waals surface area contributed by atoms with Gasteiger partial charge in [0.05, 0.1) is 12.7 Å². The molecule has 0 aromatic carbocycles. The molecule has 1 atom stereocenters. The van der Waals surface area contributed by atoms with Crippen molar-refractivity contribution in [3.63, 3.8) is 0 Å². The molecule has 1 rings (SSSR count). The van der Waals surface area contributed by atoms with Crippen LogP contribution in [-0.2, 0) is 6.54 Å². The zero-order chi connectivity index (χ0) is 5.98. The van der Waals surface area contributed by atoms with Crippen LogP contribution < -0.4 is 5.73 Å². The van der Waals surface area contributed by atoms with Gasteiger partial charge in [-0.25, -0.2) is 4.98 Å². The number of hydrogen-bond acceptors (Lipinski definition) is 3. The summed E-state index contributed by atoms with van der Waals surface area (Å²) < 4.78 is 10.6. The Bertz CT molecular complexity index is 174. The first-order chi connectivity index (χ1) is 3.84. The molecule has 3 nitrogen and oxygen atoms in total. The molecule has 0 bridgehead atoms. The van der Waals surface area contributed by atoms with Crippen molar-refractivity contribution < 1.29 is 4.55 Å². The number of rotatable bonds is 1. The van der Waals surface area contributed by atoms with Gasteiger partial charge in [-0.3, -0.25) is 0 Å². The van der Waals surface area contributed by atoms with Gasteiger partial charge in [-0.15, -0.1) is 0 Å². The van der Waals surface area contributed by atoms with Crippen LogP contribution in [-0.4, -0.2) is 9.54 Å². The molecule has 44 valence electrons. The molecule has 0 aliphatic heterocycles. The quantitative estimate of drug-likeness (QED) is 0.555. The molecule has 1 aromatic heterocycles. The highest BCUT2D eigenvalue weighted by Gasteiger charge is 2.00. The second-order valence-corrected chi connectivity index (χ2v) is 2.65. The molecule has 4 heteroatoms. The first-order valence-electron chi connectivity index (χ1n) is 2.18. The van der Waals surface area contributed by atoms with Gasteiger partial charge in [-0.2, -0.15) is 0 Å². The van der Waals surface area contributed by atoms with Gasteiger partial charge < -0.3 is 10.3 Å². The first kappa shape index (κ1) is 5.68. The summed E-state index contributed by atoms with van der Waals surface area (Å²) in [5.41, 5.74) is 5.16. The number of nitrogens with two attached hydrogens (primary N) is 1. The Kier molecular flexibility index (Phi) is 1.57. The summed E-state index contributed by atoms with van der Waals surface area (Å²) >= 11 is 0. The number of hydrogen-bond donors (Lipinski definition) is 1. The summed E-state index contributed by atoms with van der Waals surface area (Å²) in [4.78, 5) is 3.75. The third-order valence-corrected chi connectivity index (χ3v) is 1.92. The molecular weight excluding hydrogens is 124 g/mol. The van der Waals surface area contributed by atoms with E-state index in [1.54, 1.807) is 0 Å². The zero-order valence-corrected chi connectivity index (χ0v) is 5.02.